The Labute approximate surface area is 273 Å². The number of carbonyl (C=O) groups is 1. The molecule has 1 aromatic heterocycles. The summed E-state index contributed by atoms with van der Waals surface area (Å²) in [7, 11) is 0. The first-order valence-electron chi connectivity index (χ1n) is 16.1. The minimum Gasteiger partial charge on any atom is -0.493 e. The number of thioether (sulfide) groups is 1. The molecule has 13 nitrogen and oxygen atoms in total. The van der Waals surface area contributed by atoms with E-state index in [4.69, 9.17) is 42.7 Å². The fourth-order valence-electron chi connectivity index (χ4n) is 5.91. The molecule has 0 aromatic carbocycles. The second kappa shape index (κ2) is 12.8. The van der Waals surface area contributed by atoms with E-state index in [1.807, 2.05) is 34.6 Å². The Morgan fingerprint density at radius 2 is 1.85 bits per heavy atom. The smallest absolute Gasteiger partial charge is 0.339 e. The van der Waals surface area contributed by atoms with Gasteiger partial charge in [0.1, 0.15) is 46.1 Å². The first-order valence-corrected chi connectivity index (χ1v) is 17.1. The van der Waals surface area contributed by atoms with E-state index in [2.05, 4.69) is 10.5 Å². The normalized spacial score (nSPS) is 33.8. The molecule has 0 radical (unpaired) electrons. The molecule has 1 aromatic rings. The quantitative estimate of drug-likeness (QED) is 0.270. The third-order valence-electron chi connectivity index (χ3n) is 8.55. The summed E-state index contributed by atoms with van der Waals surface area (Å²) in [5, 5.41) is 7.99. The molecule has 14 heteroatoms. The number of aliphatic imine (C=N–C) groups is 1. The molecule has 1 amide bonds. The maximum absolute atomic E-state index is 13.6. The first kappa shape index (κ1) is 33.4. The molecule has 1 aliphatic carbocycles. The van der Waals surface area contributed by atoms with Gasteiger partial charge in [-0.15, -0.1) is 11.8 Å². The molecule has 4 aliphatic heterocycles. The number of nitrogens with one attached hydrogen (secondary N) is 1. The third-order valence-corrected chi connectivity index (χ3v) is 9.91. The standard InChI is InChI=1S/C32H45N3O10S/c1-8-9-20(21-12-19(13-23(36)40-21)38-14-18-10-11-18)33-29(37)32(7)16-46-27(34-32)17(2)35-45-28-26-25(43-31(5,6)44-26)24-22(41-28)15-39-30(3,4)42-24/h12-13,18,20,22,24-26,28H,8-11,14-16H2,1-7H3,(H,33,37)/b35-17+/t20-,22-,24-,25+,26+,28-,32?/m1/s1. The molecule has 46 heavy (non-hydrogen) atoms. The van der Waals surface area contributed by atoms with Crippen LogP contribution in [0.25, 0.3) is 0 Å². The van der Waals surface area contributed by atoms with E-state index >= 15 is 0 Å². The molecule has 1 N–H and O–H groups in total. The van der Waals surface area contributed by atoms with Crippen LogP contribution in [-0.4, -0.2) is 83.4 Å². The van der Waals surface area contributed by atoms with Gasteiger partial charge in [-0.2, -0.15) is 0 Å². The number of ether oxygens (including phenoxy) is 6. The number of rotatable bonds is 11. The van der Waals surface area contributed by atoms with Crippen molar-refractivity contribution in [1.82, 2.24) is 5.32 Å². The lowest BCUT2D eigenvalue weighted by Crippen LogP contribution is -2.63. The second-order valence-corrected chi connectivity index (χ2v) is 14.7. The van der Waals surface area contributed by atoms with E-state index in [0.717, 1.165) is 19.3 Å². The Kier molecular flexibility index (Phi) is 9.33. The fourth-order valence-corrected chi connectivity index (χ4v) is 7.04. The van der Waals surface area contributed by atoms with E-state index in [9.17, 15) is 9.59 Å². The van der Waals surface area contributed by atoms with Crippen molar-refractivity contribution in [1.29, 1.82) is 0 Å². The molecule has 5 aliphatic rings. The van der Waals surface area contributed by atoms with Gasteiger partial charge in [0, 0.05) is 11.8 Å². The molecule has 4 fully saturated rings. The van der Waals surface area contributed by atoms with Crippen LogP contribution in [0.15, 0.2) is 31.5 Å². The molecule has 7 atom stereocenters. The fraction of sp³-hybridized carbons (Fsp3) is 0.750. The number of oxime groups is 1. The summed E-state index contributed by atoms with van der Waals surface area (Å²) in [5.74, 6) is -0.152. The van der Waals surface area contributed by atoms with Gasteiger partial charge in [0.05, 0.1) is 25.3 Å². The van der Waals surface area contributed by atoms with Crippen LogP contribution in [0.4, 0.5) is 0 Å². The molecule has 3 saturated heterocycles. The van der Waals surface area contributed by atoms with Gasteiger partial charge in [-0.25, -0.2) is 4.79 Å². The van der Waals surface area contributed by atoms with Crippen molar-refractivity contribution in [2.24, 2.45) is 16.1 Å². The van der Waals surface area contributed by atoms with Crippen molar-refractivity contribution in [3.05, 3.63) is 28.3 Å². The van der Waals surface area contributed by atoms with Gasteiger partial charge in [0.2, 0.25) is 5.91 Å². The number of hydrogen-bond acceptors (Lipinski definition) is 13. The maximum atomic E-state index is 13.6. The van der Waals surface area contributed by atoms with E-state index in [-0.39, 0.29) is 5.91 Å². The van der Waals surface area contributed by atoms with Gasteiger partial charge in [-0.1, -0.05) is 18.5 Å². The summed E-state index contributed by atoms with van der Waals surface area (Å²) in [6.45, 7) is 13.8. The van der Waals surface area contributed by atoms with Gasteiger partial charge in [0.25, 0.3) is 6.29 Å². The van der Waals surface area contributed by atoms with Gasteiger partial charge >= 0.3 is 5.63 Å². The Morgan fingerprint density at radius 3 is 2.59 bits per heavy atom. The molecular formula is C32H45N3O10S. The molecule has 254 valence electrons. The number of carbonyl (C=O) groups excluding carboxylic acids is 1. The predicted molar refractivity (Wildman–Crippen MR) is 169 cm³/mol. The zero-order valence-corrected chi connectivity index (χ0v) is 28.3. The lowest BCUT2D eigenvalue weighted by molar-refractivity contribution is -0.370. The highest BCUT2D eigenvalue weighted by molar-refractivity contribution is 8.16. The van der Waals surface area contributed by atoms with E-state index in [1.165, 1.54) is 17.8 Å². The molecule has 1 saturated carbocycles. The zero-order valence-electron chi connectivity index (χ0n) is 27.5. The lowest BCUT2D eigenvalue weighted by Gasteiger charge is -2.47. The van der Waals surface area contributed by atoms with Crippen LogP contribution >= 0.6 is 11.8 Å². The summed E-state index contributed by atoms with van der Waals surface area (Å²) in [6, 6.07) is 2.53. The predicted octanol–water partition coefficient (Wildman–Crippen LogP) is 4.08. The van der Waals surface area contributed by atoms with Crippen LogP contribution in [0.1, 0.15) is 86.0 Å². The third kappa shape index (κ3) is 7.47. The summed E-state index contributed by atoms with van der Waals surface area (Å²) in [4.78, 5) is 36.6. The average molecular weight is 664 g/mol. The zero-order chi connectivity index (χ0) is 32.9. The monoisotopic (exact) mass is 663 g/mol. The van der Waals surface area contributed by atoms with Crippen molar-refractivity contribution >= 4 is 28.4 Å². The molecular weight excluding hydrogens is 618 g/mol. The Bertz CT molecular complexity index is 1420. The second-order valence-electron chi connectivity index (χ2n) is 13.7. The SMILES string of the molecule is CCC[C@@H](NC(=O)C1(C)CSC(/C(C)=N/O[C@H]2O[C@@H]3COC(C)(C)O[C@H]3[C@@H]3OC(C)(C)O[C@H]23)=N1)c1cc(OCC2CC2)cc(=O)o1. The Morgan fingerprint density at radius 1 is 1.11 bits per heavy atom. The van der Waals surface area contributed by atoms with Crippen molar-refractivity contribution in [2.75, 3.05) is 19.0 Å². The van der Waals surface area contributed by atoms with Crippen molar-refractivity contribution in [2.45, 2.75) is 128 Å². The average Bonchev–Trinajstić information content (AvgIpc) is 3.64. The molecule has 6 rings (SSSR count). The van der Waals surface area contributed by atoms with Crippen molar-refractivity contribution in [3.8, 4) is 5.75 Å². The summed E-state index contributed by atoms with van der Waals surface area (Å²) in [6.07, 6.45) is 0.916. The van der Waals surface area contributed by atoms with Crippen molar-refractivity contribution < 1.29 is 42.5 Å². The van der Waals surface area contributed by atoms with Crippen LogP contribution in [0.3, 0.4) is 0 Å². The highest BCUT2D eigenvalue weighted by Crippen LogP contribution is 2.42. The summed E-state index contributed by atoms with van der Waals surface area (Å²) < 4.78 is 41.9. The van der Waals surface area contributed by atoms with Gasteiger partial charge in [0.15, 0.2) is 17.7 Å². The lowest BCUT2D eigenvalue weighted by atomic mass is 9.97. The van der Waals surface area contributed by atoms with E-state index in [0.29, 0.717) is 53.6 Å². The summed E-state index contributed by atoms with van der Waals surface area (Å²) >= 11 is 1.41. The van der Waals surface area contributed by atoms with E-state index in [1.54, 1.807) is 19.9 Å². The molecule has 0 spiro atoms. The largest absolute Gasteiger partial charge is 0.493 e. The van der Waals surface area contributed by atoms with Gasteiger partial charge in [-0.3, -0.25) is 9.79 Å². The van der Waals surface area contributed by atoms with E-state index < -0.39 is 59.5 Å². The van der Waals surface area contributed by atoms with Crippen LogP contribution in [0.2, 0.25) is 0 Å². The maximum Gasteiger partial charge on any atom is 0.339 e. The van der Waals surface area contributed by atoms with Crippen LogP contribution in [0.5, 0.6) is 5.75 Å². The van der Waals surface area contributed by atoms with Crippen LogP contribution in [-0.2, 0) is 33.3 Å². The topological polar surface area (TPSA) is 149 Å². The number of amides is 1. The minimum atomic E-state index is -1.07. The Hall–Kier alpha value is -2.49. The van der Waals surface area contributed by atoms with Gasteiger partial charge < -0.3 is 43.0 Å². The highest BCUT2D eigenvalue weighted by Gasteiger charge is 2.59. The number of fused-ring (bicyclic) bond motifs is 3. The van der Waals surface area contributed by atoms with Gasteiger partial charge in [-0.05, 0) is 66.7 Å². The number of hydrogen-bond donors (Lipinski definition) is 1. The molecule has 1 unspecified atom stereocenters. The molecule has 5 heterocycles. The minimum absolute atomic E-state index is 0.280. The first-order chi connectivity index (χ1) is 21.7. The number of nitrogens with zero attached hydrogens (tertiary/aromatic N) is 2. The van der Waals surface area contributed by atoms with Crippen LogP contribution in [0, 0.1) is 5.92 Å². The highest BCUT2D eigenvalue weighted by atomic mass is 32.2. The van der Waals surface area contributed by atoms with Crippen LogP contribution < -0.4 is 15.7 Å². The molecule has 0 bridgehead atoms. The Balaban J connectivity index is 1.12. The van der Waals surface area contributed by atoms with Crippen molar-refractivity contribution in [3.63, 3.8) is 0 Å². The summed E-state index contributed by atoms with van der Waals surface area (Å²) in [5.41, 5.74) is -1.09.